The molecule has 2 atom stereocenters. The Bertz CT molecular complexity index is 294. The zero-order chi connectivity index (χ0) is 10.7. The third-order valence-corrected chi connectivity index (χ3v) is 2.87. The Labute approximate surface area is 86.7 Å². The van der Waals surface area contributed by atoms with Crippen LogP contribution in [0.25, 0.3) is 0 Å². The molecule has 2 N–H and O–H groups in total. The van der Waals surface area contributed by atoms with Crippen molar-refractivity contribution in [3.63, 3.8) is 0 Å². The minimum absolute atomic E-state index is 0.180. The van der Waals surface area contributed by atoms with Crippen LogP contribution in [0.15, 0.2) is 24.3 Å². The zero-order valence-electron chi connectivity index (χ0n) is 9.49. The average molecular weight is 192 g/mol. The molecule has 2 unspecified atom stereocenters. The first kappa shape index (κ1) is 11.1. The molecular formula is C12H20N2. The fraction of sp³-hybridized carbons (Fsp3) is 0.500. The van der Waals surface area contributed by atoms with Crippen LogP contribution in [0.1, 0.15) is 19.4 Å². The van der Waals surface area contributed by atoms with Crippen molar-refractivity contribution in [1.29, 1.82) is 0 Å². The summed E-state index contributed by atoms with van der Waals surface area (Å²) in [5, 5.41) is 0. The smallest absolute Gasteiger partial charge is 0.0407 e. The zero-order valence-corrected chi connectivity index (χ0v) is 9.49. The first-order valence-corrected chi connectivity index (χ1v) is 5.08. The number of hydrogen-bond acceptors (Lipinski definition) is 2. The number of benzene rings is 1. The maximum absolute atomic E-state index is 5.88. The summed E-state index contributed by atoms with van der Waals surface area (Å²) in [7, 11) is 2.09. The van der Waals surface area contributed by atoms with E-state index >= 15 is 0 Å². The second-order valence-corrected chi connectivity index (χ2v) is 4.00. The normalized spacial score (nSPS) is 14.9. The van der Waals surface area contributed by atoms with Crippen molar-refractivity contribution in [3.05, 3.63) is 29.8 Å². The fourth-order valence-electron chi connectivity index (χ4n) is 1.53. The van der Waals surface area contributed by atoms with E-state index in [2.05, 4.69) is 50.1 Å². The second-order valence-electron chi connectivity index (χ2n) is 4.00. The van der Waals surface area contributed by atoms with Crippen molar-refractivity contribution in [3.8, 4) is 0 Å². The van der Waals surface area contributed by atoms with Gasteiger partial charge in [0.2, 0.25) is 0 Å². The molecule has 0 aromatic heterocycles. The van der Waals surface area contributed by atoms with Crippen molar-refractivity contribution < 1.29 is 0 Å². The van der Waals surface area contributed by atoms with E-state index in [-0.39, 0.29) is 6.04 Å². The lowest BCUT2D eigenvalue weighted by molar-refractivity contribution is 0.572. The summed E-state index contributed by atoms with van der Waals surface area (Å²) in [6, 6.07) is 8.92. The van der Waals surface area contributed by atoms with Crippen molar-refractivity contribution in [2.75, 3.05) is 11.9 Å². The first-order chi connectivity index (χ1) is 6.54. The van der Waals surface area contributed by atoms with Gasteiger partial charge in [-0.15, -0.1) is 0 Å². The van der Waals surface area contributed by atoms with Crippen LogP contribution in [-0.4, -0.2) is 19.1 Å². The highest BCUT2D eigenvalue weighted by Crippen LogP contribution is 2.20. The van der Waals surface area contributed by atoms with Crippen molar-refractivity contribution in [2.24, 2.45) is 5.73 Å². The summed E-state index contributed by atoms with van der Waals surface area (Å²) in [5.74, 6) is 0. The van der Waals surface area contributed by atoms with Crippen LogP contribution in [0.4, 0.5) is 5.69 Å². The number of likely N-dealkylation sites (N-methyl/N-ethyl adjacent to an activating group) is 1. The van der Waals surface area contributed by atoms with Crippen LogP contribution in [0, 0.1) is 6.92 Å². The van der Waals surface area contributed by atoms with Gasteiger partial charge in [0.05, 0.1) is 0 Å². The molecule has 2 heteroatoms. The van der Waals surface area contributed by atoms with Crippen molar-refractivity contribution in [1.82, 2.24) is 0 Å². The molecule has 0 aliphatic heterocycles. The highest BCUT2D eigenvalue weighted by Gasteiger charge is 2.14. The molecule has 1 aromatic carbocycles. The van der Waals surface area contributed by atoms with Gasteiger partial charge >= 0.3 is 0 Å². The lowest BCUT2D eigenvalue weighted by Crippen LogP contribution is -2.42. The van der Waals surface area contributed by atoms with Gasteiger partial charge in [0.15, 0.2) is 0 Å². The summed E-state index contributed by atoms with van der Waals surface area (Å²) >= 11 is 0. The van der Waals surface area contributed by atoms with Gasteiger partial charge < -0.3 is 10.6 Å². The third-order valence-electron chi connectivity index (χ3n) is 2.87. The molecule has 78 valence electrons. The van der Waals surface area contributed by atoms with Crippen LogP contribution < -0.4 is 10.6 Å². The van der Waals surface area contributed by atoms with Crippen molar-refractivity contribution >= 4 is 5.69 Å². The minimum Gasteiger partial charge on any atom is -0.370 e. The standard InChI is InChI=1S/C12H20N2/c1-9-7-5-6-8-12(9)14(4)11(3)10(2)13/h5-8,10-11H,13H2,1-4H3. The molecule has 0 bridgehead atoms. The van der Waals surface area contributed by atoms with E-state index in [1.807, 2.05) is 6.92 Å². The van der Waals surface area contributed by atoms with Gasteiger partial charge in [-0.2, -0.15) is 0 Å². The molecule has 2 nitrogen and oxygen atoms in total. The van der Waals surface area contributed by atoms with E-state index in [4.69, 9.17) is 5.73 Å². The van der Waals surface area contributed by atoms with Gasteiger partial charge in [-0.25, -0.2) is 0 Å². The number of anilines is 1. The highest BCUT2D eigenvalue weighted by atomic mass is 15.1. The fourth-order valence-corrected chi connectivity index (χ4v) is 1.53. The van der Waals surface area contributed by atoms with E-state index < -0.39 is 0 Å². The molecule has 14 heavy (non-hydrogen) atoms. The highest BCUT2D eigenvalue weighted by molar-refractivity contribution is 5.53. The van der Waals surface area contributed by atoms with E-state index in [9.17, 15) is 0 Å². The van der Waals surface area contributed by atoms with Crippen LogP contribution in [0.2, 0.25) is 0 Å². The van der Waals surface area contributed by atoms with E-state index in [1.54, 1.807) is 0 Å². The summed E-state index contributed by atoms with van der Waals surface area (Å²) in [5.41, 5.74) is 8.44. The number of rotatable bonds is 3. The maximum atomic E-state index is 5.88. The Hall–Kier alpha value is -1.02. The number of aryl methyl sites for hydroxylation is 1. The summed E-state index contributed by atoms with van der Waals surface area (Å²) in [4.78, 5) is 2.24. The van der Waals surface area contributed by atoms with E-state index in [1.165, 1.54) is 11.3 Å². The lowest BCUT2D eigenvalue weighted by Gasteiger charge is -2.30. The molecule has 0 aliphatic rings. The van der Waals surface area contributed by atoms with Crippen molar-refractivity contribution in [2.45, 2.75) is 32.9 Å². The molecule has 0 aliphatic carbocycles. The number of para-hydroxylation sites is 1. The molecule has 0 spiro atoms. The summed E-state index contributed by atoms with van der Waals surface area (Å²) in [6.07, 6.45) is 0. The van der Waals surface area contributed by atoms with Gasteiger partial charge in [-0.3, -0.25) is 0 Å². The molecule has 0 heterocycles. The quantitative estimate of drug-likeness (QED) is 0.795. The summed E-state index contributed by atoms with van der Waals surface area (Å²) in [6.45, 7) is 6.32. The van der Waals surface area contributed by atoms with Gasteiger partial charge in [-0.05, 0) is 32.4 Å². The van der Waals surface area contributed by atoms with Gasteiger partial charge in [0.1, 0.15) is 0 Å². The average Bonchev–Trinajstić information content (AvgIpc) is 2.16. The number of nitrogens with zero attached hydrogens (tertiary/aromatic N) is 1. The largest absolute Gasteiger partial charge is 0.370 e. The number of nitrogens with two attached hydrogens (primary N) is 1. The lowest BCUT2D eigenvalue weighted by atomic mass is 10.1. The Morgan fingerprint density at radius 1 is 1.21 bits per heavy atom. The Morgan fingerprint density at radius 3 is 2.29 bits per heavy atom. The van der Waals surface area contributed by atoms with E-state index in [0.717, 1.165) is 0 Å². The molecule has 0 saturated carbocycles. The monoisotopic (exact) mass is 192 g/mol. The Balaban J connectivity index is 2.89. The predicted molar refractivity (Wildman–Crippen MR) is 62.7 cm³/mol. The Kier molecular flexibility index (Phi) is 3.53. The first-order valence-electron chi connectivity index (χ1n) is 5.08. The molecule has 0 radical (unpaired) electrons. The Morgan fingerprint density at radius 2 is 1.79 bits per heavy atom. The molecular weight excluding hydrogens is 172 g/mol. The molecule has 1 aromatic rings. The molecule has 1 rings (SSSR count). The topological polar surface area (TPSA) is 29.3 Å². The molecule has 0 saturated heterocycles. The maximum Gasteiger partial charge on any atom is 0.0407 e. The van der Waals surface area contributed by atoms with Crippen LogP contribution in [-0.2, 0) is 0 Å². The van der Waals surface area contributed by atoms with Crippen LogP contribution >= 0.6 is 0 Å². The predicted octanol–water partition coefficient (Wildman–Crippen LogP) is 2.17. The molecule has 0 fully saturated rings. The SMILES string of the molecule is Cc1ccccc1N(C)C(C)C(C)N. The summed E-state index contributed by atoms with van der Waals surface area (Å²) < 4.78 is 0. The van der Waals surface area contributed by atoms with Crippen LogP contribution in [0.5, 0.6) is 0 Å². The van der Waals surface area contributed by atoms with Gasteiger partial charge in [0.25, 0.3) is 0 Å². The number of hydrogen-bond donors (Lipinski definition) is 1. The minimum atomic E-state index is 0.180. The second kappa shape index (κ2) is 4.47. The van der Waals surface area contributed by atoms with E-state index in [0.29, 0.717) is 6.04 Å². The van der Waals surface area contributed by atoms with Gasteiger partial charge in [0, 0.05) is 24.8 Å². The van der Waals surface area contributed by atoms with Gasteiger partial charge in [-0.1, -0.05) is 18.2 Å². The third kappa shape index (κ3) is 2.26. The van der Waals surface area contributed by atoms with Crippen LogP contribution in [0.3, 0.4) is 0 Å². The molecule has 0 amide bonds.